The van der Waals surface area contributed by atoms with E-state index >= 15 is 0 Å². The third-order valence-corrected chi connectivity index (χ3v) is 5.16. The molecule has 0 spiro atoms. The van der Waals surface area contributed by atoms with Gasteiger partial charge in [-0.3, -0.25) is 19.1 Å². The summed E-state index contributed by atoms with van der Waals surface area (Å²) in [5, 5.41) is 0. The van der Waals surface area contributed by atoms with Crippen molar-refractivity contribution in [3.63, 3.8) is 0 Å². The SMILES string of the molecule is C=CCOc1cc(OCC(=O)OCC)ccc1C(=O)CN1Cc2cc(C(=O)NS)ccc2C1=O. The molecule has 0 atom stereocenters. The van der Waals surface area contributed by atoms with Crippen LogP contribution in [0.4, 0.5) is 0 Å². The zero-order chi connectivity index (χ0) is 24.7. The molecule has 0 saturated heterocycles. The summed E-state index contributed by atoms with van der Waals surface area (Å²) in [6, 6.07) is 9.26. The minimum absolute atomic E-state index is 0.145. The van der Waals surface area contributed by atoms with Gasteiger partial charge in [0.25, 0.3) is 11.8 Å². The molecule has 10 heteroatoms. The van der Waals surface area contributed by atoms with Crippen LogP contribution in [0.5, 0.6) is 11.5 Å². The van der Waals surface area contributed by atoms with E-state index in [1.807, 2.05) is 0 Å². The fraction of sp³-hybridized carbons (Fsp3) is 0.250. The maximum atomic E-state index is 13.1. The highest BCUT2D eigenvalue weighted by molar-refractivity contribution is 7.78. The molecule has 1 aliphatic rings. The average molecular weight is 485 g/mol. The molecule has 0 unspecified atom stereocenters. The molecule has 9 nitrogen and oxygen atoms in total. The van der Waals surface area contributed by atoms with Gasteiger partial charge in [0.1, 0.15) is 18.1 Å². The Labute approximate surface area is 202 Å². The van der Waals surface area contributed by atoms with E-state index in [1.54, 1.807) is 19.1 Å². The first-order valence-corrected chi connectivity index (χ1v) is 10.9. The van der Waals surface area contributed by atoms with Gasteiger partial charge in [-0.25, -0.2) is 4.79 Å². The van der Waals surface area contributed by atoms with Gasteiger partial charge in [-0.15, -0.1) is 0 Å². The van der Waals surface area contributed by atoms with E-state index < -0.39 is 5.97 Å². The van der Waals surface area contributed by atoms with E-state index in [2.05, 4.69) is 24.1 Å². The fourth-order valence-corrected chi connectivity index (χ4v) is 3.54. The monoisotopic (exact) mass is 484 g/mol. The summed E-state index contributed by atoms with van der Waals surface area (Å²) in [4.78, 5) is 50.6. The highest BCUT2D eigenvalue weighted by Gasteiger charge is 2.30. The molecular formula is C24H24N2O7S. The molecule has 3 rings (SSSR count). The van der Waals surface area contributed by atoms with Gasteiger partial charge in [-0.2, -0.15) is 0 Å². The number of esters is 1. The fourth-order valence-electron chi connectivity index (χ4n) is 3.41. The van der Waals surface area contributed by atoms with Crippen LogP contribution in [0, 0.1) is 0 Å². The molecule has 2 aromatic rings. The van der Waals surface area contributed by atoms with Crippen molar-refractivity contribution in [3.05, 3.63) is 71.3 Å². The van der Waals surface area contributed by atoms with E-state index in [-0.39, 0.29) is 61.8 Å². The number of carbonyl (C=O) groups is 4. The molecule has 1 N–H and O–H groups in total. The summed E-state index contributed by atoms with van der Waals surface area (Å²) >= 11 is 3.76. The number of ether oxygens (including phenoxy) is 3. The number of hydrogen-bond donors (Lipinski definition) is 2. The lowest BCUT2D eigenvalue weighted by atomic mass is 10.1. The lowest BCUT2D eigenvalue weighted by Gasteiger charge is -2.17. The number of thiol groups is 1. The maximum absolute atomic E-state index is 13.1. The molecular weight excluding hydrogens is 460 g/mol. The zero-order valence-corrected chi connectivity index (χ0v) is 19.4. The van der Waals surface area contributed by atoms with E-state index in [0.29, 0.717) is 22.4 Å². The van der Waals surface area contributed by atoms with Crippen LogP contribution in [0.3, 0.4) is 0 Å². The summed E-state index contributed by atoms with van der Waals surface area (Å²) in [5.41, 5.74) is 1.71. The summed E-state index contributed by atoms with van der Waals surface area (Å²) < 4.78 is 18.1. The van der Waals surface area contributed by atoms with Crippen molar-refractivity contribution in [3.8, 4) is 11.5 Å². The molecule has 1 heterocycles. The summed E-state index contributed by atoms with van der Waals surface area (Å²) in [5.74, 6) is -0.984. The van der Waals surface area contributed by atoms with Crippen LogP contribution in [0.1, 0.15) is 43.6 Å². The van der Waals surface area contributed by atoms with Gasteiger partial charge in [0.15, 0.2) is 12.4 Å². The summed E-state index contributed by atoms with van der Waals surface area (Å²) in [6.07, 6.45) is 1.53. The molecule has 0 fully saturated rings. The van der Waals surface area contributed by atoms with Crippen LogP contribution in [-0.4, -0.2) is 54.8 Å². The Balaban J connectivity index is 1.75. The highest BCUT2D eigenvalue weighted by atomic mass is 32.1. The van der Waals surface area contributed by atoms with Gasteiger partial charge in [0.2, 0.25) is 0 Å². The van der Waals surface area contributed by atoms with E-state index in [9.17, 15) is 19.2 Å². The van der Waals surface area contributed by atoms with Gasteiger partial charge in [0.05, 0.1) is 18.7 Å². The van der Waals surface area contributed by atoms with Crippen LogP contribution in [0.2, 0.25) is 0 Å². The number of amides is 2. The first-order valence-electron chi connectivity index (χ1n) is 10.4. The van der Waals surface area contributed by atoms with Crippen LogP contribution < -0.4 is 14.2 Å². The van der Waals surface area contributed by atoms with E-state index in [4.69, 9.17) is 14.2 Å². The quantitative estimate of drug-likeness (QED) is 0.218. The topological polar surface area (TPSA) is 111 Å². The number of nitrogens with one attached hydrogen (secondary N) is 1. The first-order chi connectivity index (χ1) is 16.4. The molecule has 0 bridgehead atoms. The Kier molecular flexibility index (Phi) is 8.31. The molecule has 2 amide bonds. The van der Waals surface area contributed by atoms with Crippen molar-refractivity contribution in [2.24, 2.45) is 0 Å². The maximum Gasteiger partial charge on any atom is 0.344 e. The van der Waals surface area contributed by atoms with E-state index in [0.717, 1.165) is 0 Å². The minimum atomic E-state index is -0.515. The second kappa shape index (κ2) is 11.4. The molecule has 0 saturated carbocycles. The number of fused-ring (bicyclic) bond motifs is 1. The highest BCUT2D eigenvalue weighted by Crippen LogP contribution is 2.28. The number of Topliss-reactive ketones (excluding diaryl/α,β-unsaturated/α-hetero) is 1. The Bertz CT molecular complexity index is 1130. The average Bonchev–Trinajstić information content (AvgIpc) is 3.15. The smallest absolute Gasteiger partial charge is 0.344 e. The normalized spacial score (nSPS) is 12.1. The lowest BCUT2D eigenvalue weighted by molar-refractivity contribution is -0.145. The van der Waals surface area contributed by atoms with Crippen molar-refractivity contribution in [1.82, 2.24) is 9.62 Å². The molecule has 178 valence electrons. The van der Waals surface area contributed by atoms with E-state index in [1.165, 1.54) is 35.2 Å². The van der Waals surface area contributed by atoms with Crippen molar-refractivity contribution in [2.45, 2.75) is 13.5 Å². The summed E-state index contributed by atoms with van der Waals surface area (Å²) in [7, 11) is 0. The largest absolute Gasteiger partial charge is 0.489 e. The second-order valence-electron chi connectivity index (χ2n) is 7.25. The number of benzene rings is 2. The molecule has 1 aliphatic heterocycles. The number of hydrogen-bond acceptors (Lipinski definition) is 8. The third kappa shape index (κ3) is 5.76. The predicted octanol–water partition coefficient (Wildman–Crippen LogP) is 2.61. The van der Waals surface area contributed by atoms with Gasteiger partial charge >= 0.3 is 5.97 Å². The standard InChI is InChI=1S/C24H24N2O7S/c1-3-9-32-21-11-17(33-14-22(28)31-4-2)6-8-19(21)20(27)13-26-12-16-10-15(23(29)25-34)5-7-18(16)24(26)30/h3,5-8,10-11,34H,1,4,9,12-14H2,2H3,(H,25,29). The van der Waals surface area contributed by atoms with Crippen LogP contribution >= 0.6 is 12.8 Å². The molecule has 2 aromatic carbocycles. The van der Waals surface area contributed by atoms with Crippen LogP contribution in [0.25, 0.3) is 0 Å². The number of ketones is 1. The Morgan fingerprint density at radius 2 is 1.97 bits per heavy atom. The molecule has 0 aromatic heterocycles. The van der Waals surface area contributed by atoms with Crippen molar-refractivity contribution in [2.75, 3.05) is 26.4 Å². The second-order valence-corrected chi connectivity index (χ2v) is 7.47. The predicted molar refractivity (Wildman–Crippen MR) is 126 cm³/mol. The number of carbonyl (C=O) groups excluding carboxylic acids is 4. The Morgan fingerprint density at radius 3 is 2.68 bits per heavy atom. The Hall–Kier alpha value is -3.79. The van der Waals surface area contributed by atoms with Crippen LogP contribution in [0.15, 0.2) is 49.1 Å². The molecule has 34 heavy (non-hydrogen) atoms. The van der Waals surface area contributed by atoms with Crippen molar-refractivity contribution < 1.29 is 33.4 Å². The minimum Gasteiger partial charge on any atom is -0.489 e. The van der Waals surface area contributed by atoms with Crippen molar-refractivity contribution >= 4 is 36.4 Å². The van der Waals surface area contributed by atoms with Gasteiger partial charge in [-0.05, 0) is 42.8 Å². The van der Waals surface area contributed by atoms with Crippen molar-refractivity contribution in [1.29, 1.82) is 0 Å². The first kappa shape index (κ1) is 24.8. The van der Waals surface area contributed by atoms with Gasteiger partial charge < -0.3 is 19.1 Å². The van der Waals surface area contributed by atoms with Gasteiger partial charge in [-0.1, -0.05) is 25.5 Å². The molecule has 0 radical (unpaired) electrons. The third-order valence-electron chi connectivity index (χ3n) is 4.95. The number of rotatable bonds is 11. The number of nitrogens with zero attached hydrogens (tertiary/aromatic N) is 1. The molecule has 0 aliphatic carbocycles. The lowest BCUT2D eigenvalue weighted by Crippen LogP contribution is -2.30. The van der Waals surface area contributed by atoms with Gasteiger partial charge in [0, 0.05) is 23.7 Å². The summed E-state index contributed by atoms with van der Waals surface area (Å²) in [6.45, 7) is 5.41. The Morgan fingerprint density at radius 1 is 1.18 bits per heavy atom. The van der Waals surface area contributed by atoms with Crippen LogP contribution in [-0.2, 0) is 16.1 Å². The zero-order valence-electron chi connectivity index (χ0n) is 18.5.